The fourth-order valence-electron chi connectivity index (χ4n) is 3.02. The number of rotatable bonds is 4. The largest absolute Gasteiger partial charge is 0.332 e. The smallest absolute Gasteiger partial charge is 0.315 e. The van der Waals surface area contributed by atoms with Gasteiger partial charge in [0.1, 0.15) is 6.54 Å². The Kier molecular flexibility index (Phi) is 4.58. The maximum atomic E-state index is 12.5. The third-order valence-corrected chi connectivity index (χ3v) is 6.61. The van der Waals surface area contributed by atoms with Gasteiger partial charge in [-0.2, -0.15) is 0 Å². The molecule has 4 aromatic rings. The third-order valence-electron chi connectivity index (χ3n) is 4.57. The maximum absolute atomic E-state index is 12.5. The highest BCUT2D eigenvalue weighted by Crippen LogP contribution is 2.28. The van der Waals surface area contributed by atoms with Crippen LogP contribution in [-0.2, 0) is 35.3 Å². The van der Waals surface area contributed by atoms with Crippen molar-refractivity contribution in [2.75, 3.05) is 11.6 Å². The van der Waals surface area contributed by atoms with E-state index in [1.807, 2.05) is 0 Å². The van der Waals surface area contributed by atoms with E-state index in [-0.39, 0.29) is 22.6 Å². The van der Waals surface area contributed by atoms with E-state index >= 15 is 0 Å². The molecule has 156 valence electrons. The second-order valence-corrected chi connectivity index (χ2v) is 9.77. The highest BCUT2D eigenvalue weighted by atomic mass is 32.2. The SMILES string of the molecule is Cn1c(=O)c2c(ncn2CC(=O)Nc2nc3ccc(S(C)(=O)=O)cc3s2)n(C)c1=O. The molecular formula is C17H16N6O5S2. The number of nitrogens with zero attached hydrogens (tertiary/aromatic N) is 5. The molecule has 0 unspecified atom stereocenters. The molecule has 0 aliphatic heterocycles. The zero-order chi connectivity index (χ0) is 21.8. The summed E-state index contributed by atoms with van der Waals surface area (Å²) in [5.41, 5.74) is -0.183. The summed E-state index contributed by atoms with van der Waals surface area (Å²) in [5, 5.41) is 2.94. The quantitative estimate of drug-likeness (QED) is 0.467. The van der Waals surface area contributed by atoms with Crippen molar-refractivity contribution < 1.29 is 13.2 Å². The Morgan fingerprint density at radius 3 is 2.63 bits per heavy atom. The monoisotopic (exact) mass is 448 g/mol. The van der Waals surface area contributed by atoms with Crippen LogP contribution in [-0.4, -0.2) is 44.3 Å². The molecule has 0 saturated carbocycles. The van der Waals surface area contributed by atoms with E-state index < -0.39 is 27.0 Å². The molecule has 4 rings (SSSR count). The van der Waals surface area contributed by atoms with Crippen LogP contribution in [0.15, 0.2) is 39.0 Å². The van der Waals surface area contributed by atoms with Crippen molar-refractivity contribution in [2.24, 2.45) is 14.1 Å². The van der Waals surface area contributed by atoms with Crippen LogP contribution in [0.2, 0.25) is 0 Å². The fourth-order valence-corrected chi connectivity index (χ4v) is 4.66. The summed E-state index contributed by atoms with van der Waals surface area (Å²) >= 11 is 1.14. The van der Waals surface area contributed by atoms with E-state index in [1.165, 1.54) is 41.7 Å². The van der Waals surface area contributed by atoms with Crippen molar-refractivity contribution in [3.63, 3.8) is 0 Å². The van der Waals surface area contributed by atoms with Crippen LogP contribution in [0, 0.1) is 0 Å². The first-order valence-electron chi connectivity index (χ1n) is 8.57. The van der Waals surface area contributed by atoms with Gasteiger partial charge in [0.05, 0.1) is 21.4 Å². The Hall–Kier alpha value is -3.32. The summed E-state index contributed by atoms with van der Waals surface area (Å²) in [6.07, 6.45) is 2.44. The van der Waals surface area contributed by atoms with Gasteiger partial charge in [-0.25, -0.2) is 23.2 Å². The van der Waals surface area contributed by atoms with Gasteiger partial charge in [-0.1, -0.05) is 11.3 Å². The highest BCUT2D eigenvalue weighted by Gasteiger charge is 2.17. The Labute approximate surface area is 173 Å². The lowest BCUT2D eigenvalue weighted by Crippen LogP contribution is -2.37. The Bertz CT molecular complexity index is 1560. The van der Waals surface area contributed by atoms with Crippen molar-refractivity contribution in [2.45, 2.75) is 11.4 Å². The summed E-state index contributed by atoms with van der Waals surface area (Å²) in [5.74, 6) is -0.451. The number of sulfone groups is 1. The van der Waals surface area contributed by atoms with E-state index in [4.69, 9.17) is 0 Å². The molecule has 0 bridgehead atoms. The molecule has 3 heterocycles. The minimum Gasteiger partial charge on any atom is -0.315 e. The van der Waals surface area contributed by atoms with Crippen LogP contribution in [0.4, 0.5) is 5.13 Å². The number of carbonyl (C=O) groups excluding carboxylic acids is 1. The van der Waals surface area contributed by atoms with Crippen LogP contribution in [0.3, 0.4) is 0 Å². The van der Waals surface area contributed by atoms with Gasteiger partial charge in [-0.3, -0.25) is 18.7 Å². The van der Waals surface area contributed by atoms with Crippen LogP contribution in [0.1, 0.15) is 0 Å². The lowest BCUT2D eigenvalue weighted by Gasteiger charge is -2.06. The van der Waals surface area contributed by atoms with Crippen molar-refractivity contribution in [3.8, 4) is 0 Å². The predicted molar refractivity (Wildman–Crippen MR) is 112 cm³/mol. The van der Waals surface area contributed by atoms with Crippen LogP contribution in [0.25, 0.3) is 21.4 Å². The van der Waals surface area contributed by atoms with Crippen LogP contribution < -0.4 is 16.6 Å². The maximum Gasteiger partial charge on any atom is 0.332 e. The molecule has 11 nitrogen and oxygen atoms in total. The second kappa shape index (κ2) is 6.88. The van der Waals surface area contributed by atoms with E-state index in [2.05, 4.69) is 15.3 Å². The Balaban J connectivity index is 1.63. The number of aryl methyl sites for hydroxylation is 1. The predicted octanol–water partition coefficient (Wildman–Crippen LogP) is 0.0856. The van der Waals surface area contributed by atoms with Gasteiger partial charge >= 0.3 is 5.69 Å². The minimum atomic E-state index is -3.35. The summed E-state index contributed by atoms with van der Waals surface area (Å²) in [7, 11) is -0.504. The summed E-state index contributed by atoms with van der Waals surface area (Å²) < 4.78 is 27.6. The van der Waals surface area contributed by atoms with Gasteiger partial charge in [0.2, 0.25) is 5.91 Å². The fraction of sp³-hybridized carbons (Fsp3) is 0.235. The topological polar surface area (TPSA) is 138 Å². The van der Waals surface area contributed by atoms with Crippen LogP contribution in [0.5, 0.6) is 0 Å². The zero-order valence-corrected chi connectivity index (χ0v) is 17.7. The number of hydrogen-bond acceptors (Lipinski definition) is 8. The van der Waals surface area contributed by atoms with Crippen LogP contribution >= 0.6 is 11.3 Å². The molecule has 30 heavy (non-hydrogen) atoms. The number of nitrogens with one attached hydrogen (secondary N) is 1. The molecule has 13 heteroatoms. The average Bonchev–Trinajstić information content (AvgIpc) is 3.26. The molecule has 0 fully saturated rings. The average molecular weight is 448 g/mol. The van der Waals surface area contributed by atoms with E-state index in [0.717, 1.165) is 22.2 Å². The molecule has 0 radical (unpaired) electrons. The summed E-state index contributed by atoms with van der Waals surface area (Å²) in [6.45, 7) is -0.214. The van der Waals surface area contributed by atoms with Gasteiger partial charge < -0.3 is 9.88 Å². The normalized spacial score (nSPS) is 12.0. The molecule has 0 saturated heterocycles. The number of carbonyl (C=O) groups is 1. The zero-order valence-electron chi connectivity index (χ0n) is 16.1. The summed E-state index contributed by atoms with van der Waals surface area (Å²) in [6, 6.07) is 4.54. The van der Waals surface area contributed by atoms with Gasteiger partial charge in [-0.05, 0) is 18.2 Å². The lowest BCUT2D eigenvalue weighted by atomic mass is 10.3. The van der Waals surface area contributed by atoms with Gasteiger partial charge in [-0.15, -0.1) is 0 Å². The molecule has 1 aromatic carbocycles. The second-order valence-electron chi connectivity index (χ2n) is 6.72. The minimum absolute atomic E-state index is 0.136. The number of anilines is 1. The molecule has 0 spiro atoms. The van der Waals surface area contributed by atoms with E-state index in [9.17, 15) is 22.8 Å². The number of imidazole rings is 1. The highest BCUT2D eigenvalue weighted by molar-refractivity contribution is 7.90. The van der Waals surface area contributed by atoms with Gasteiger partial charge in [0.15, 0.2) is 26.1 Å². The van der Waals surface area contributed by atoms with Crippen molar-refractivity contribution >= 4 is 53.6 Å². The Morgan fingerprint density at radius 2 is 1.93 bits per heavy atom. The molecule has 1 N–H and O–H groups in total. The third kappa shape index (κ3) is 3.31. The van der Waals surface area contributed by atoms with Gasteiger partial charge in [0.25, 0.3) is 5.56 Å². The Morgan fingerprint density at radius 1 is 1.20 bits per heavy atom. The van der Waals surface area contributed by atoms with Crippen molar-refractivity contribution in [1.29, 1.82) is 0 Å². The van der Waals surface area contributed by atoms with Crippen molar-refractivity contribution in [3.05, 3.63) is 45.4 Å². The summed E-state index contributed by atoms with van der Waals surface area (Å²) in [4.78, 5) is 45.5. The number of hydrogen-bond donors (Lipinski definition) is 1. The number of fused-ring (bicyclic) bond motifs is 2. The lowest BCUT2D eigenvalue weighted by molar-refractivity contribution is -0.116. The molecular weight excluding hydrogens is 432 g/mol. The molecule has 3 aromatic heterocycles. The molecule has 0 atom stereocenters. The molecule has 1 amide bonds. The van der Waals surface area contributed by atoms with Gasteiger partial charge in [0, 0.05) is 20.4 Å². The standard InChI is InChI=1S/C17H16N6O5S2/c1-21-14-13(15(25)22(2)17(21)26)23(8-18-14)7-12(24)20-16-19-10-5-4-9(30(3,27)28)6-11(10)29-16/h4-6,8H,7H2,1-3H3,(H,19,20,24). The first-order valence-corrected chi connectivity index (χ1v) is 11.3. The first kappa shape index (κ1) is 20.0. The van der Waals surface area contributed by atoms with E-state index in [0.29, 0.717) is 15.3 Å². The first-order chi connectivity index (χ1) is 14.1. The molecule has 0 aliphatic carbocycles. The molecule has 0 aliphatic rings. The number of aromatic nitrogens is 5. The number of benzene rings is 1. The van der Waals surface area contributed by atoms with Crippen molar-refractivity contribution in [1.82, 2.24) is 23.7 Å². The number of thiazole rings is 1. The van der Waals surface area contributed by atoms with E-state index in [1.54, 1.807) is 6.07 Å². The number of amides is 1.